The third-order valence-corrected chi connectivity index (χ3v) is 7.53. The average molecular weight is 422 g/mol. The van der Waals surface area contributed by atoms with Crippen LogP contribution in [0.4, 0.5) is 0 Å². The van der Waals surface area contributed by atoms with E-state index in [0.29, 0.717) is 0 Å². The van der Waals surface area contributed by atoms with Crippen LogP contribution in [0.15, 0.2) is 71.3 Å². The Morgan fingerprint density at radius 1 is 0.806 bits per heavy atom. The summed E-state index contributed by atoms with van der Waals surface area (Å²) in [5.74, 6) is 0. The number of hydrogen-bond donors (Lipinski definition) is 0. The Labute approximate surface area is 185 Å². The van der Waals surface area contributed by atoms with E-state index in [1.165, 1.54) is 42.1 Å². The van der Waals surface area contributed by atoms with Gasteiger partial charge in [0.2, 0.25) is 0 Å². The molecule has 0 atom stereocenters. The molecule has 0 saturated carbocycles. The summed E-state index contributed by atoms with van der Waals surface area (Å²) in [5.41, 5.74) is 6.60. The Hall–Kier alpha value is -3.17. The van der Waals surface area contributed by atoms with Gasteiger partial charge in [0.05, 0.1) is 10.4 Å². The first-order valence-corrected chi connectivity index (χ1v) is 11.5. The van der Waals surface area contributed by atoms with Crippen molar-refractivity contribution in [2.75, 3.05) is 0 Å². The molecule has 6 rings (SSSR count). The standard InChI is InChI=1S/C28H23NOS/c1-16-8-7-10-18-19-12-13-29-25(27(19)31-26(16)18)17-14-21(28(2,3)4)24-20-9-5-6-11-22(20)30-23(24)15-17/h5-15H,1-4H3. The highest BCUT2D eigenvalue weighted by atomic mass is 32.1. The van der Waals surface area contributed by atoms with Gasteiger partial charge in [-0.2, -0.15) is 0 Å². The van der Waals surface area contributed by atoms with Crippen LogP contribution in [0, 0.1) is 6.92 Å². The molecule has 0 spiro atoms. The van der Waals surface area contributed by atoms with Crippen molar-refractivity contribution in [3.63, 3.8) is 0 Å². The van der Waals surface area contributed by atoms with Crippen LogP contribution in [0.2, 0.25) is 0 Å². The van der Waals surface area contributed by atoms with Gasteiger partial charge in [0.1, 0.15) is 11.2 Å². The van der Waals surface area contributed by atoms with Gasteiger partial charge in [-0.15, -0.1) is 11.3 Å². The first-order chi connectivity index (χ1) is 14.9. The van der Waals surface area contributed by atoms with Gasteiger partial charge >= 0.3 is 0 Å². The molecule has 0 amide bonds. The number of rotatable bonds is 1. The van der Waals surface area contributed by atoms with Crippen molar-refractivity contribution in [3.8, 4) is 11.3 Å². The van der Waals surface area contributed by atoms with E-state index in [1.54, 1.807) is 0 Å². The highest BCUT2D eigenvalue weighted by Gasteiger charge is 2.23. The van der Waals surface area contributed by atoms with Crippen molar-refractivity contribution in [1.82, 2.24) is 4.98 Å². The fourth-order valence-corrected chi connectivity index (χ4v) is 5.93. The maximum absolute atomic E-state index is 6.32. The number of benzene rings is 3. The van der Waals surface area contributed by atoms with E-state index in [9.17, 15) is 0 Å². The minimum Gasteiger partial charge on any atom is -0.456 e. The molecule has 0 N–H and O–H groups in total. The van der Waals surface area contributed by atoms with Gasteiger partial charge in [-0.3, -0.25) is 4.98 Å². The second-order valence-electron chi connectivity index (χ2n) is 9.34. The zero-order chi connectivity index (χ0) is 21.3. The minimum atomic E-state index is -0.0223. The van der Waals surface area contributed by atoms with Gasteiger partial charge in [-0.1, -0.05) is 57.2 Å². The van der Waals surface area contributed by atoms with Crippen LogP contribution in [0.1, 0.15) is 31.9 Å². The Morgan fingerprint density at radius 3 is 2.42 bits per heavy atom. The number of nitrogens with zero attached hydrogens (tertiary/aromatic N) is 1. The lowest BCUT2D eigenvalue weighted by Gasteiger charge is -2.21. The summed E-state index contributed by atoms with van der Waals surface area (Å²) in [6, 6.07) is 21.5. The maximum Gasteiger partial charge on any atom is 0.136 e. The van der Waals surface area contributed by atoms with Gasteiger partial charge in [-0.25, -0.2) is 0 Å². The van der Waals surface area contributed by atoms with E-state index in [2.05, 4.69) is 82.3 Å². The summed E-state index contributed by atoms with van der Waals surface area (Å²) in [7, 11) is 0. The summed E-state index contributed by atoms with van der Waals surface area (Å²) in [5, 5.41) is 4.98. The Balaban J connectivity index is 1.72. The molecule has 152 valence electrons. The number of furan rings is 1. The highest BCUT2D eigenvalue weighted by Crippen LogP contribution is 2.43. The number of hydrogen-bond acceptors (Lipinski definition) is 3. The van der Waals surface area contributed by atoms with E-state index in [4.69, 9.17) is 9.40 Å². The fourth-order valence-electron chi connectivity index (χ4n) is 4.65. The number of thiophene rings is 1. The molecule has 0 aliphatic carbocycles. The quantitative estimate of drug-likeness (QED) is 0.265. The van der Waals surface area contributed by atoms with Gasteiger partial charge in [0.25, 0.3) is 0 Å². The zero-order valence-electron chi connectivity index (χ0n) is 18.1. The third-order valence-electron chi connectivity index (χ3n) is 6.17. The van der Waals surface area contributed by atoms with Crippen LogP contribution in [0.5, 0.6) is 0 Å². The predicted octanol–water partition coefficient (Wildman–Crippen LogP) is 8.62. The average Bonchev–Trinajstić information content (AvgIpc) is 3.31. The fraction of sp³-hybridized carbons (Fsp3) is 0.179. The molecule has 0 aliphatic rings. The molecule has 0 saturated heterocycles. The molecule has 3 heterocycles. The van der Waals surface area contributed by atoms with Crippen LogP contribution in [-0.2, 0) is 5.41 Å². The normalized spacial score (nSPS) is 12.5. The summed E-state index contributed by atoms with van der Waals surface area (Å²) >= 11 is 1.84. The van der Waals surface area contributed by atoms with Crippen molar-refractivity contribution >= 4 is 53.4 Å². The molecule has 31 heavy (non-hydrogen) atoms. The van der Waals surface area contributed by atoms with Crippen molar-refractivity contribution in [2.45, 2.75) is 33.1 Å². The van der Waals surface area contributed by atoms with Crippen molar-refractivity contribution in [3.05, 3.63) is 78.0 Å². The Kier molecular flexibility index (Phi) is 3.85. The predicted molar refractivity (Wildman–Crippen MR) is 133 cm³/mol. The molecule has 0 aliphatic heterocycles. The highest BCUT2D eigenvalue weighted by molar-refractivity contribution is 7.26. The van der Waals surface area contributed by atoms with Crippen molar-refractivity contribution in [2.24, 2.45) is 0 Å². The van der Waals surface area contributed by atoms with Crippen LogP contribution in [0.3, 0.4) is 0 Å². The second kappa shape index (κ2) is 6.41. The molecular formula is C28H23NOS. The van der Waals surface area contributed by atoms with Crippen molar-refractivity contribution < 1.29 is 4.42 Å². The van der Waals surface area contributed by atoms with E-state index in [1.807, 2.05) is 23.6 Å². The molecule has 3 aromatic carbocycles. The van der Waals surface area contributed by atoms with E-state index in [0.717, 1.165) is 22.4 Å². The third kappa shape index (κ3) is 2.73. The van der Waals surface area contributed by atoms with Crippen molar-refractivity contribution in [1.29, 1.82) is 0 Å². The zero-order valence-corrected chi connectivity index (χ0v) is 18.9. The van der Waals surface area contributed by atoms with Gasteiger partial charge in [0.15, 0.2) is 0 Å². The summed E-state index contributed by atoms with van der Waals surface area (Å²) in [4.78, 5) is 4.85. The summed E-state index contributed by atoms with van der Waals surface area (Å²) in [6.07, 6.45) is 1.94. The first kappa shape index (κ1) is 18.6. The Bertz CT molecular complexity index is 1630. The van der Waals surface area contributed by atoms with Crippen LogP contribution in [0.25, 0.3) is 53.4 Å². The van der Waals surface area contributed by atoms with E-state index >= 15 is 0 Å². The topological polar surface area (TPSA) is 26.0 Å². The number of aryl methyl sites for hydroxylation is 1. The van der Waals surface area contributed by atoms with Gasteiger partial charge in [-0.05, 0) is 47.7 Å². The molecule has 3 aromatic heterocycles. The van der Waals surface area contributed by atoms with Gasteiger partial charge < -0.3 is 4.42 Å². The number of fused-ring (bicyclic) bond motifs is 6. The molecule has 2 nitrogen and oxygen atoms in total. The molecule has 0 fully saturated rings. The Morgan fingerprint density at radius 2 is 1.58 bits per heavy atom. The van der Waals surface area contributed by atoms with Gasteiger partial charge in [0, 0.05) is 38.0 Å². The van der Waals surface area contributed by atoms with Crippen LogP contribution < -0.4 is 0 Å². The summed E-state index contributed by atoms with van der Waals surface area (Å²) in [6.45, 7) is 8.99. The SMILES string of the molecule is Cc1cccc2c1sc1c(-c3cc(C(C)(C)C)c4c(c3)oc3ccccc34)nccc12. The first-order valence-electron chi connectivity index (χ1n) is 10.6. The molecular weight excluding hydrogens is 398 g/mol. The van der Waals surface area contributed by atoms with E-state index < -0.39 is 0 Å². The lowest BCUT2D eigenvalue weighted by Crippen LogP contribution is -2.11. The molecule has 0 bridgehead atoms. The largest absolute Gasteiger partial charge is 0.456 e. The lowest BCUT2D eigenvalue weighted by molar-refractivity contribution is 0.595. The molecule has 0 unspecified atom stereocenters. The minimum absolute atomic E-state index is 0.0223. The molecule has 0 radical (unpaired) electrons. The molecule has 6 aromatic rings. The number of pyridine rings is 1. The van der Waals surface area contributed by atoms with E-state index in [-0.39, 0.29) is 5.41 Å². The monoisotopic (exact) mass is 421 g/mol. The van der Waals surface area contributed by atoms with Crippen LogP contribution in [-0.4, -0.2) is 4.98 Å². The molecule has 3 heteroatoms. The van der Waals surface area contributed by atoms with Crippen LogP contribution >= 0.6 is 11.3 Å². The maximum atomic E-state index is 6.32. The summed E-state index contributed by atoms with van der Waals surface area (Å²) < 4.78 is 8.89. The smallest absolute Gasteiger partial charge is 0.136 e. The lowest BCUT2D eigenvalue weighted by atomic mass is 9.83. The second-order valence-corrected chi connectivity index (χ2v) is 10.4. The number of para-hydroxylation sites is 1. The number of aromatic nitrogens is 1.